The molecule has 0 unspecified atom stereocenters. The van der Waals surface area contributed by atoms with Crippen LogP contribution in [0.15, 0.2) is 83.3 Å². The molecule has 6 nitrogen and oxygen atoms in total. The molecule has 0 amide bonds. The van der Waals surface area contributed by atoms with Crippen LogP contribution in [0.4, 0.5) is 0 Å². The number of ether oxygens (including phenoxy) is 4. The van der Waals surface area contributed by atoms with Gasteiger partial charge in [0, 0.05) is 42.7 Å². The maximum Gasteiger partial charge on any atom is 0.163 e. The van der Waals surface area contributed by atoms with Crippen molar-refractivity contribution in [2.45, 2.75) is 57.7 Å². The third-order valence-electron chi connectivity index (χ3n) is 7.84. The molecule has 0 fully saturated rings. The molecule has 0 saturated carbocycles. The predicted molar refractivity (Wildman–Crippen MR) is 160 cm³/mol. The van der Waals surface area contributed by atoms with Crippen LogP contribution >= 0.6 is 23.2 Å². The molecule has 3 aliphatic rings. The van der Waals surface area contributed by atoms with E-state index in [1.807, 2.05) is 48.5 Å². The Hall–Kier alpha value is -3.74. The van der Waals surface area contributed by atoms with Crippen molar-refractivity contribution in [3.8, 4) is 17.2 Å². The summed E-state index contributed by atoms with van der Waals surface area (Å²) in [5.41, 5.74) is 3.69. The van der Waals surface area contributed by atoms with Crippen molar-refractivity contribution in [3.05, 3.63) is 110 Å². The summed E-state index contributed by atoms with van der Waals surface area (Å²) in [6.07, 6.45) is 3.67. The van der Waals surface area contributed by atoms with Crippen LogP contribution in [-0.2, 0) is 27.5 Å². The van der Waals surface area contributed by atoms with Crippen LogP contribution < -0.4 is 14.2 Å². The summed E-state index contributed by atoms with van der Waals surface area (Å²) in [5, 5.41) is 0.601. The molecule has 6 rings (SSSR count). The van der Waals surface area contributed by atoms with Crippen molar-refractivity contribution in [1.82, 2.24) is 0 Å². The zero-order valence-electron chi connectivity index (χ0n) is 23.2. The van der Waals surface area contributed by atoms with Gasteiger partial charge in [0.2, 0.25) is 0 Å². The number of rotatable bonds is 8. The number of methoxy groups -OCH3 is 1. The van der Waals surface area contributed by atoms with Crippen molar-refractivity contribution in [1.29, 1.82) is 0 Å². The molecule has 3 aromatic rings. The van der Waals surface area contributed by atoms with E-state index in [-0.39, 0.29) is 18.2 Å². The molecule has 0 bridgehead atoms. The number of carbonyl (C=O) groups is 2. The molecular formula is C34H30Cl2O6. The summed E-state index contributed by atoms with van der Waals surface area (Å²) in [6.45, 7) is 0.610. The first-order valence-electron chi connectivity index (χ1n) is 14.1. The normalized spacial score (nSPS) is 17.0. The molecule has 0 spiro atoms. The molecule has 0 radical (unpaired) electrons. The van der Waals surface area contributed by atoms with E-state index in [9.17, 15) is 9.59 Å². The van der Waals surface area contributed by atoms with Gasteiger partial charge in [0.25, 0.3) is 0 Å². The molecule has 0 aromatic heterocycles. The second kappa shape index (κ2) is 12.2. The fourth-order valence-corrected chi connectivity index (χ4v) is 6.46. The van der Waals surface area contributed by atoms with Gasteiger partial charge in [-0.1, -0.05) is 59.6 Å². The fraction of sp³-hybridized carbons (Fsp3) is 0.294. The zero-order chi connectivity index (χ0) is 29.2. The molecule has 0 N–H and O–H groups in total. The van der Waals surface area contributed by atoms with E-state index in [1.165, 1.54) is 0 Å². The Labute approximate surface area is 254 Å². The van der Waals surface area contributed by atoms with E-state index in [4.69, 9.17) is 42.1 Å². The van der Waals surface area contributed by atoms with E-state index < -0.39 is 5.92 Å². The number of Topliss-reactive ketones (excluding diaryl/α,β-unsaturated/α-hetero) is 2. The minimum Gasteiger partial charge on any atom is -0.493 e. The lowest BCUT2D eigenvalue weighted by atomic mass is 9.73. The van der Waals surface area contributed by atoms with Crippen molar-refractivity contribution in [2.75, 3.05) is 7.11 Å². The first kappa shape index (κ1) is 28.4. The molecule has 2 aliphatic carbocycles. The minimum absolute atomic E-state index is 0.00360. The summed E-state index contributed by atoms with van der Waals surface area (Å²) in [4.78, 5) is 26.2. The molecular weight excluding hydrogens is 575 g/mol. The van der Waals surface area contributed by atoms with E-state index >= 15 is 0 Å². The summed E-state index contributed by atoms with van der Waals surface area (Å²) >= 11 is 13.5. The molecule has 0 saturated heterocycles. The number of halogens is 2. The lowest BCUT2D eigenvalue weighted by Crippen LogP contribution is -2.30. The van der Waals surface area contributed by atoms with E-state index in [0.717, 1.165) is 24.0 Å². The largest absolute Gasteiger partial charge is 0.493 e. The maximum absolute atomic E-state index is 13.1. The van der Waals surface area contributed by atoms with Crippen LogP contribution in [-0.4, -0.2) is 18.7 Å². The van der Waals surface area contributed by atoms with Crippen molar-refractivity contribution in [3.63, 3.8) is 0 Å². The SMILES string of the molecule is COc1cc(COc2c(Cl)cc(C3C4=C(CCCC4=O)OC4=C3C(=O)CCC4)cc2Cl)ccc1OCc1ccccc1. The third-order valence-corrected chi connectivity index (χ3v) is 8.40. The highest BCUT2D eigenvalue weighted by Crippen LogP contribution is 2.49. The Kier molecular flexibility index (Phi) is 8.27. The molecule has 216 valence electrons. The van der Waals surface area contributed by atoms with Gasteiger partial charge in [-0.2, -0.15) is 0 Å². The number of hydrogen-bond acceptors (Lipinski definition) is 6. The summed E-state index contributed by atoms with van der Waals surface area (Å²) in [7, 11) is 1.59. The van der Waals surface area contributed by atoms with Crippen LogP contribution in [0, 0.1) is 0 Å². The van der Waals surface area contributed by atoms with Crippen LogP contribution in [0.1, 0.15) is 61.1 Å². The van der Waals surface area contributed by atoms with Gasteiger partial charge in [-0.15, -0.1) is 0 Å². The highest BCUT2D eigenvalue weighted by Gasteiger charge is 2.42. The Morgan fingerprint density at radius 1 is 0.738 bits per heavy atom. The lowest BCUT2D eigenvalue weighted by molar-refractivity contribution is -0.117. The molecule has 1 aliphatic heterocycles. The number of hydrogen-bond donors (Lipinski definition) is 0. The monoisotopic (exact) mass is 604 g/mol. The number of ketones is 2. The molecule has 0 atom stereocenters. The van der Waals surface area contributed by atoms with Gasteiger partial charge >= 0.3 is 0 Å². The molecule has 42 heavy (non-hydrogen) atoms. The van der Waals surface area contributed by atoms with Crippen molar-refractivity contribution in [2.24, 2.45) is 0 Å². The van der Waals surface area contributed by atoms with Crippen LogP contribution in [0.25, 0.3) is 0 Å². The number of allylic oxidation sites excluding steroid dienone is 4. The van der Waals surface area contributed by atoms with Crippen molar-refractivity contribution < 1.29 is 28.5 Å². The standard InChI is InChI=1S/C34H30Cl2O6/c1-39-30-15-21(13-14-27(30)40-18-20-7-3-2-4-8-20)19-41-34-23(35)16-22(17-24(34)36)31-32-25(37)9-5-11-28(32)42-29-12-6-10-26(38)33(29)31/h2-4,7-8,13-17,31H,5-6,9-12,18-19H2,1H3. The summed E-state index contributed by atoms with van der Waals surface area (Å²) < 4.78 is 23.7. The first-order valence-corrected chi connectivity index (χ1v) is 14.8. The zero-order valence-corrected chi connectivity index (χ0v) is 24.7. The number of benzene rings is 3. The molecule has 1 heterocycles. The quantitative estimate of drug-likeness (QED) is 0.257. The van der Waals surface area contributed by atoms with Crippen LogP contribution in [0.2, 0.25) is 10.0 Å². The van der Waals surface area contributed by atoms with Gasteiger partial charge in [0.05, 0.1) is 17.2 Å². The smallest absolute Gasteiger partial charge is 0.163 e. The van der Waals surface area contributed by atoms with E-state index in [1.54, 1.807) is 19.2 Å². The topological polar surface area (TPSA) is 71.1 Å². The van der Waals surface area contributed by atoms with Gasteiger partial charge in [-0.25, -0.2) is 0 Å². The third kappa shape index (κ3) is 5.66. The van der Waals surface area contributed by atoms with Gasteiger partial charge in [0.15, 0.2) is 28.8 Å². The molecule has 3 aromatic carbocycles. The van der Waals surface area contributed by atoms with E-state index in [2.05, 4.69) is 0 Å². The lowest BCUT2D eigenvalue weighted by Gasteiger charge is -2.36. The highest BCUT2D eigenvalue weighted by molar-refractivity contribution is 6.37. The average Bonchev–Trinajstić information content (AvgIpc) is 2.99. The Bertz CT molecular complexity index is 1540. The van der Waals surface area contributed by atoms with E-state index in [0.29, 0.717) is 87.8 Å². The van der Waals surface area contributed by atoms with Crippen LogP contribution in [0.3, 0.4) is 0 Å². The van der Waals surface area contributed by atoms with Crippen LogP contribution in [0.5, 0.6) is 17.2 Å². The average molecular weight is 606 g/mol. The van der Waals surface area contributed by atoms with Gasteiger partial charge in [0.1, 0.15) is 24.7 Å². The van der Waals surface area contributed by atoms with Gasteiger partial charge < -0.3 is 18.9 Å². The number of carbonyl (C=O) groups excluding carboxylic acids is 2. The summed E-state index contributed by atoms with van der Waals surface area (Å²) in [6, 6.07) is 19.0. The summed E-state index contributed by atoms with van der Waals surface area (Å²) in [5.74, 6) is 2.34. The Morgan fingerprint density at radius 3 is 1.98 bits per heavy atom. The highest BCUT2D eigenvalue weighted by atomic mass is 35.5. The second-order valence-electron chi connectivity index (χ2n) is 10.6. The fourth-order valence-electron chi connectivity index (χ4n) is 5.85. The Morgan fingerprint density at radius 2 is 1.36 bits per heavy atom. The minimum atomic E-state index is -0.541. The van der Waals surface area contributed by atoms with Crippen molar-refractivity contribution >= 4 is 34.8 Å². The Balaban J connectivity index is 1.23. The van der Waals surface area contributed by atoms with Gasteiger partial charge in [-0.05, 0) is 53.8 Å². The predicted octanol–water partition coefficient (Wildman–Crippen LogP) is 8.29. The first-order chi connectivity index (χ1) is 20.4. The second-order valence-corrected chi connectivity index (χ2v) is 11.4. The molecule has 8 heteroatoms. The maximum atomic E-state index is 13.1. The van der Waals surface area contributed by atoms with Gasteiger partial charge in [-0.3, -0.25) is 9.59 Å².